The van der Waals surface area contributed by atoms with Gasteiger partial charge in [0.1, 0.15) is 11.3 Å². The molecule has 2 N–H and O–H groups in total. The Balaban J connectivity index is 1.64. The van der Waals surface area contributed by atoms with Crippen LogP contribution in [0.4, 0.5) is 16.4 Å². The minimum atomic E-state index is -0.367. The van der Waals surface area contributed by atoms with Crippen molar-refractivity contribution in [2.24, 2.45) is 7.05 Å². The Morgan fingerprint density at radius 2 is 2.04 bits per heavy atom. The summed E-state index contributed by atoms with van der Waals surface area (Å²) in [6, 6.07) is 9.93. The van der Waals surface area contributed by atoms with Crippen LogP contribution in [0, 0.1) is 5.82 Å². The topological polar surface area (TPSA) is 93.9 Å². The first-order valence-electron chi connectivity index (χ1n) is 8.55. The Morgan fingerprint density at radius 3 is 2.82 bits per heavy atom. The van der Waals surface area contributed by atoms with Crippen molar-refractivity contribution in [1.29, 1.82) is 0 Å². The highest BCUT2D eigenvalue weighted by Gasteiger charge is 2.17. The van der Waals surface area contributed by atoms with Crippen LogP contribution < -0.4 is 5.32 Å². The number of aliphatic hydroxyl groups is 1. The molecule has 3 aromatic heterocycles. The van der Waals surface area contributed by atoms with Crippen molar-refractivity contribution in [2.45, 2.75) is 6.61 Å². The van der Waals surface area contributed by atoms with E-state index >= 15 is 0 Å². The Labute approximate surface area is 157 Å². The zero-order valence-electron chi connectivity index (χ0n) is 14.8. The van der Waals surface area contributed by atoms with Gasteiger partial charge in [-0.3, -0.25) is 14.6 Å². The minimum absolute atomic E-state index is 0.0755. The molecule has 0 amide bonds. The molecular weight excluding hydrogens is 363 g/mol. The molecule has 0 aliphatic heterocycles. The van der Waals surface area contributed by atoms with Gasteiger partial charge in [0.2, 0.25) is 5.95 Å². The summed E-state index contributed by atoms with van der Waals surface area (Å²) in [7, 11) is 1.81. The smallest absolute Gasteiger partial charge is 0.302 e. The first-order chi connectivity index (χ1) is 13.6. The van der Waals surface area contributed by atoms with Gasteiger partial charge in [0.05, 0.1) is 29.5 Å². The van der Waals surface area contributed by atoms with E-state index in [0.717, 1.165) is 16.8 Å². The normalized spacial score (nSPS) is 11.5. The van der Waals surface area contributed by atoms with Gasteiger partial charge in [-0.2, -0.15) is 10.1 Å². The lowest BCUT2D eigenvalue weighted by Crippen LogP contribution is -2.01. The standard InChI is InChI=1S/C19H15FN6O2/c1-25-9-13(8-21-25)26-16-4-3-12(20)7-14(16)22-18(26)24-19-23-15-6-11(10-27)2-5-17(15)28-19/h2-9,27H,10H2,1H3,(H,22,23,24). The fourth-order valence-electron chi connectivity index (χ4n) is 3.14. The highest BCUT2D eigenvalue weighted by Crippen LogP contribution is 2.28. The number of aryl methyl sites for hydroxylation is 1. The van der Waals surface area contributed by atoms with Gasteiger partial charge in [-0.25, -0.2) is 9.37 Å². The van der Waals surface area contributed by atoms with E-state index in [0.29, 0.717) is 22.6 Å². The van der Waals surface area contributed by atoms with Crippen LogP contribution >= 0.6 is 0 Å². The predicted octanol–water partition coefficient (Wildman–Crippen LogP) is 3.28. The lowest BCUT2D eigenvalue weighted by Gasteiger charge is -2.06. The molecule has 0 saturated heterocycles. The number of imidazole rings is 1. The van der Waals surface area contributed by atoms with Crippen LogP contribution in [0.15, 0.2) is 53.2 Å². The number of hydrogen-bond donors (Lipinski definition) is 2. The van der Waals surface area contributed by atoms with Gasteiger partial charge in [-0.1, -0.05) is 6.07 Å². The van der Waals surface area contributed by atoms with Crippen molar-refractivity contribution >= 4 is 34.1 Å². The fourth-order valence-corrected chi connectivity index (χ4v) is 3.14. The Bertz CT molecular complexity index is 1320. The maximum atomic E-state index is 13.7. The number of fused-ring (bicyclic) bond motifs is 2. The highest BCUT2D eigenvalue weighted by molar-refractivity contribution is 5.82. The van der Waals surface area contributed by atoms with E-state index in [1.807, 2.05) is 17.8 Å². The van der Waals surface area contributed by atoms with E-state index in [-0.39, 0.29) is 18.4 Å². The third-order valence-electron chi connectivity index (χ3n) is 4.42. The molecule has 3 heterocycles. The van der Waals surface area contributed by atoms with E-state index < -0.39 is 0 Å². The summed E-state index contributed by atoms with van der Waals surface area (Å²) in [5, 5.41) is 16.6. The molecule has 0 saturated carbocycles. The van der Waals surface area contributed by atoms with Crippen molar-refractivity contribution in [2.75, 3.05) is 5.32 Å². The zero-order valence-corrected chi connectivity index (χ0v) is 14.8. The lowest BCUT2D eigenvalue weighted by atomic mass is 10.2. The monoisotopic (exact) mass is 378 g/mol. The SMILES string of the molecule is Cn1cc(-n2c(Nc3nc4cc(CO)ccc4o3)nc3cc(F)ccc32)cn1. The molecule has 9 heteroatoms. The molecule has 0 spiro atoms. The van der Waals surface area contributed by atoms with Gasteiger partial charge in [-0.15, -0.1) is 0 Å². The van der Waals surface area contributed by atoms with Crippen molar-refractivity contribution in [1.82, 2.24) is 24.3 Å². The highest BCUT2D eigenvalue weighted by atomic mass is 19.1. The van der Waals surface area contributed by atoms with Crippen LogP contribution in [-0.4, -0.2) is 29.4 Å². The summed E-state index contributed by atoms with van der Waals surface area (Å²) in [4.78, 5) is 8.90. The third kappa shape index (κ3) is 2.69. The van der Waals surface area contributed by atoms with Gasteiger partial charge in [0.15, 0.2) is 5.58 Å². The number of anilines is 2. The minimum Gasteiger partial charge on any atom is -0.423 e. The lowest BCUT2D eigenvalue weighted by molar-refractivity contribution is 0.282. The second-order valence-electron chi connectivity index (χ2n) is 6.38. The van der Waals surface area contributed by atoms with Crippen molar-refractivity contribution in [3.8, 4) is 5.69 Å². The summed E-state index contributed by atoms with van der Waals surface area (Å²) in [5.41, 5.74) is 3.91. The number of rotatable bonds is 4. The number of hydrogen-bond acceptors (Lipinski definition) is 6. The Morgan fingerprint density at radius 1 is 1.14 bits per heavy atom. The summed E-state index contributed by atoms with van der Waals surface area (Å²) in [6.45, 7) is -0.0755. The number of aliphatic hydroxyl groups excluding tert-OH is 1. The average molecular weight is 378 g/mol. The van der Waals surface area contributed by atoms with Gasteiger partial charge in [0, 0.05) is 19.3 Å². The van der Waals surface area contributed by atoms with Crippen LogP contribution in [-0.2, 0) is 13.7 Å². The molecule has 0 atom stereocenters. The van der Waals surface area contributed by atoms with Crippen LogP contribution in [0.2, 0.25) is 0 Å². The number of aromatic nitrogens is 5. The predicted molar refractivity (Wildman–Crippen MR) is 101 cm³/mol. The second-order valence-corrected chi connectivity index (χ2v) is 6.38. The van der Waals surface area contributed by atoms with Gasteiger partial charge < -0.3 is 9.52 Å². The Kier molecular flexibility index (Phi) is 3.63. The van der Waals surface area contributed by atoms with Crippen molar-refractivity contribution in [3.05, 3.63) is 60.2 Å². The molecule has 5 aromatic rings. The molecule has 140 valence electrons. The molecular formula is C19H15FN6O2. The molecule has 0 bridgehead atoms. The van der Waals surface area contributed by atoms with Gasteiger partial charge in [-0.05, 0) is 29.8 Å². The Hall–Kier alpha value is -3.72. The average Bonchev–Trinajstić information content (AvgIpc) is 3.36. The second kappa shape index (κ2) is 6.17. The van der Waals surface area contributed by atoms with E-state index in [9.17, 15) is 9.50 Å². The summed E-state index contributed by atoms with van der Waals surface area (Å²) >= 11 is 0. The van der Waals surface area contributed by atoms with E-state index in [2.05, 4.69) is 20.4 Å². The van der Waals surface area contributed by atoms with Crippen molar-refractivity contribution < 1.29 is 13.9 Å². The largest absolute Gasteiger partial charge is 0.423 e. The molecule has 28 heavy (non-hydrogen) atoms. The zero-order chi connectivity index (χ0) is 19.3. The molecule has 0 radical (unpaired) electrons. The molecule has 0 unspecified atom stereocenters. The van der Waals surface area contributed by atoms with E-state index in [1.54, 1.807) is 35.1 Å². The number of nitrogens with zero attached hydrogens (tertiary/aromatic N) is 5. The van der Waals surface area contributed by atoms with Gasteiger partial charge >= 0.3 is 6.01 Å². The van der Waals surface area contributed by atoms with Crippen LogP contribution in [0.3, 0.4) is 0 Å². The van der Waals surface area contributed by atoms with E-state index in [1.165, 1.54) is 12.1 Å². The number of oxazole rings is 1. The van der Waals surface area contributed by atoms with Crippen LogP contribution in [0.1, 0.15) is 5.56 Å². The molecule has 0 aliphatic rings. The van der Waals surface area contributed by atoms with Crippen LogP contribution in [0.25, 0.3) is 27.8 Å². The molecule has 0 aliphatic carbocycles. The maximum Gasteiger partial charge on any atom is 0.302 e. The third-order valence-corrected chi connectivity index (χ3v) is 4.42. The van der Waals surface area contributed by atoms with E-state index in [4.69, 9.17) is 4.42 Å². The summed E-state index contributed by atoms with van der Waals surface area (Å²) in [6.07, 6.45) is 3.52. The first kappa shape index (κ1) is 16.5. The number of nitrogens with one attached hydrogen (secondary N) is 1. The van der Waals surface area contributed by atoms with Crippen molar-refractivity contribution in [3.63, 3.8) is 0 Å². The maximum absolute atomic E-state index is 13.7. The molecule has 5 rings (SSSR count). The quantitative estimate of drug-likeness (QED) is 0.498. The fraction of sp³-hybridized carbons (Fsp3) is 0.105. The number of benzene rings is 2. The molecule has 8 nitrogen and oxygen atoms in total. The summed E-state index contributed by atoms with van der Waals surface area (Å²) < 4.78 is 22.9. The summed E-state index contributed by atoms with van der Waals surface area (Å²) in [5.74, 6) is 0.0517. The number of halogens is 1. The molecule has 0 fully saturated rings. The molecule has 2 aromatic carbocycles. The van der Waals surface area contributed by atoms with Gasteiger partial charge in [0.25, 0.3) is 0 Å². The first-order valence-corrected chi connectivity index (χ1v) is 8.55. The van der Waals surface area contributed by atoms with Crippen LogP contribution in [0.5, 0.6) is 0 Å².